The Morgan fingerprint density at radius 1 is 0.968 bits per heavy atom. The zero-order chi connectivity index (χ0) is 21.8. The third-order valence-corrected chi connectivity index (χ3v) is 5.84. The van der Waals surface area contributed by atoms with Gasteiger partial charge in [0.2, 0.25) is 5.88 Å². The Labute approximate surface area is 184 Å². The van der Waals surface area contributed by atoms with Gasteiger partial charge in [-0.15, -0.1) is 0 Å². The summed E-state index contributed by atoms with van der Waals surface area (Å²) in [6.07, 6.45) is 0.941. The minimum absolute atomic E-state index is 0.0687. The van der Waals surface area contributed by atoms with Gasteiger partial charge in [-0.3, -0.25) is 9.69 Å². The van der Waals surface area contributed by atoms with E-state index < -0.39 is 0 Å². The smallest absolute Gasteiger partial charge is 0.320 e. The van der Waals surface area contributed by atoms with Gasteiger partial charge in [0.15, 0.2) is 5.13 Å². The predicted molar refractivity (Wildman–Crippen MR) is 121 cm³/mol. The molecule has 31 heavy (non-hydrogen) atoms. The van der Waals surface area contributed by atoms with Crippen LogP contribution in [-0.2, 0) is 13.0 Å². The van der Waals surface area contributed by atoms with E-state index in [9.17, 15) is 4.79 Å². The molecular formula is C23H22N4O3S. The number of anilines is 1. The Bertz CT molecular complexity index is 1190. The maximum atomic E-state index is 13.6. The first-order valence-electron chi connectivity index (χ1n) is 9.83. The van der Waals surface area contributed by atoms with E-state index in [0.717, 1.165) is 22.2 Å². The number of rotatable bonds is 7. The number of nitrogens with zero attached hydrogens (tertiary/aromatic N) is 4. The zero-order valence-electron chi connectivity index (χ0n) is 17.5. The molecule has 1 amide bonds. The largest absolute Gasteiger partial charge is 0.481 e. The van der Waals surface area contributed by atoms with Crippen molar-refractivity contribution in [3.05, 3.63) is 71.4 Å². The summed E-state index contributed by atoms with van der Waals surface area (Å²) in [5.41, 5.74) is 3.25. The quantitative estimate of drug-likeness (QED) is 0.426. The number of hydrogen-bond donors (Lipinski definition) is 0. The van der Waals surface area contributed by atoms with E-state index in [4.69, 9.17) is 14.5 Å². The van der Waals surface area contributed by atoms with Crippen LogP contribution < -0.4 is 14.4 Å². The molecule has 0 bridgehead atoms. The van der Waals surface area contributed by atoms with Gasteiger partial charge in [0, 0.05) is 6.07 Å². The lowest BCUT2D eigenvalue weighted by atomic mass is 10.2. The van der Waals surface area contributed by atoms with Crippen LogP contribution in [0.3, 0.4) is 0 Å². The van der Waals surface area contributed by atoms with Crippen molar-refractivity contribution in [2.45, 2.75) is 19.9 Å². The molecule has 0 fully saturated rings. The van der Waals surface area contributed by atoms with Crippen LogP contribution >= 0.6 is 11.3 Å². The molecule has 158 valence electrons. The summed E-state index contributed by atoms with van der Waals surface area (Å²) in [5.74, 6) is -0.0515. The molecule has 0 atom stereocenters. The van der Waals surface area contributed by atoms with E-state index in [0.29, 0.717) is 11.7 Å². The summed E-state index contributed by atoms with van der Waals surface area (Å²) in [6, 6.07) is 17.5. The molecule has 2 aromatic carbocycles. The number of benzene rings is 2. The summed E-state index contributed by atoms with van der Waals surface area (Å²) in [4.78, 5) is 28.3. The molecule has 0 aliphatic carbocycles. The standard InChI is InChI=1S/C23H22N4O3S/c1-4-15-10-11-17-19(12-15)31-23(25-17)27(14-16-8-6-5-7-9-16)21(28)18-13-20(29-2)26-22(24-18)30-3/h5-13H,4,14H2,1-3H3. The van der Waals surface area contributed by atoms with Gasteiger partial charge < -0.3 is 9.47 Å². The first kappa shape index (κ1) is 20.7. The van der Waals surface area contributed by atoms with Crippen LogP contribution in [0.5, 0.6) is 11.9 Å². The fraction of sp³-hybridized carbons (Fsp3) is 0.217. The molecule has 2 heterocycles. The molecule has 4 aromatic rings. The van der Waals surface area contributed by atoms with Crippen LogP contribution in [0.1, 0.15) is 28.5 Å². The molecule has 0 aliphatic heterocycles. The summed E-state index contributed by atoms with van der Waals surface area (Å²) in [5, 5.41) is 0.605. The number of methoxy groups -OCH3 is 2. The topological polar surface area (TPSA) is 77.4 Å². The number of aryl methyl sites for hydroxylation is 1. The van der Waals surface area contributed by atoms with Crippen molar-refractivity contribution in [3.63, 3.8) is 0 Å². The zero-order valence-corrected chi connectivity index (χ0v) is 18.3. The normalized spacial score (nSPS) is 10.8. The summed E-state index contributed by atoms with van der Waals surface area (Å²) < 4.78 is 11.4. The molecule has 0 saturated heterocycles. The summed E-state index contributed by atoms with van der Waals surface area (Å²) in [7, 11) is 2.93. The number of carbonyl (C=O) groups excluding carboxylic acids is 1. The Morgan fingerprint density at radius 3 is 2.48 bits per heavy atom. The van der Waals surface area contributed by atoms with Gasteiger partial charge in [0.05, 0.1) is 31.0 Å². The third-order valence-electron chi connectivity index (χ3n) is 4.80. The van der Waals surface area contributed by atoms with Crippen LogP contribution in [0.15, 0.2) is 54.6 Å². The maximum Gasteiger partial charge on any atom is 0.320 e. The van der Waals surface area contributed by atoms with Gasteiger partial charge in [-0.25, -0.2) is 4.98 Å². The van der Waals surface area contributed by atoms with Crippen molar-refractivity contribution in [2.24, 2.45) is 0 Å². The van der Waals surface area contributed by atoms with Crippen LogP contribution in [0.4, 0.5) is 5.13 Å². The predicted octanol–water partition coefficient (Wildman–Crippen LogP) is 4.51. The number of hydrogen-bond acceptors (Lipinski definition) is 7. The monoisotopic (exact) mass is 434 g/mol. The van der Waals surface area contributed by atoms with E-state index in [2.05, 4.69) is 29.0 Å². The van der Waals surface area contributed by atoms with Gasteiger partial charge >= 0.3 is 6.01 Å². The van der Waals surface area contributed by atoms with Crippen LogP contribution in [-0.4, -0.2) is 35.1 Å². The highest BCUT2D eigenvalue weighted by atomic mass is 32.1. The number of ether oxygens (including phenoxy) is 2. The second kappa shape index (κ2) is 9.09. The lowest BCUT2D eigenvalue weighted by Gasteiger charge is -2.20. The Hall–Kier alpha value is -3.52. The van der Waals surface area contributed by atoms with Crippen LogP contribution in [0.25, 0.3) is 10.2 Å². The van der Waals surface area contributed by atoms with Crippen molar-refractivity contribution in [2.75, 3.05) is 19.1 Å². The Kier molecular flexibility index (Phi) is 6.08. The average Bonchev–Trinajstić information content (AvgIpc) is 3.25. The average molecular weight is 435 g/mol. The van der Waals surface area contributed by atoms with Crippen molar-refractivity contribution in [1.82, 2.24) is 15.0 Å². The SMILES string of the molecule is CCc1ccc2nc(N(Cc3ccccc3)C(=O)c3cc(OC)nc(OC)n3)sc2c1. The number of thiazole rings is 1. The summed E-state index contributed by atoms with van der Waals surface area (Å²) in [6.45, 7) is 2.47. The van der Waals surface area contributed by atoms with Gasteiger partial charge in [-0.2, -0.15) is 9.97 Å². The lowest BCUT2D eigenvalue weighted by Crippen LogP contribution is -2.31. The van der Waals surface area contributed by atoms with Crippen LogP contribution in [0, 0.1) is 0 Å². The third kappa shape index (κ3) is 4.49. The fourth-order valence-corrected chi connectivity index (χ4v) is 4.16. The van der Waals surface area contributed by atoms with Gasteiger partial charge in [0.1, 0.15) is 5.69 Å². The van der Waals surface area contributed by atoms with Gasteiger partial charge in [-0.05, 0) is 29.7 Å². The molecule has 8 heteroatoms. The maximum absolute atomic E-state index is 13.6. The lowest BCUT2D eigenvalue weighted by molar-refractivity contribution is 0.0978. The van der Waals surface area contributed by atoms with E-state index in [1.54, 1.807) is 4.90 Å². The molecule has 0 unspecified atom stereocenters. The highest BCUT2D eigenvalue weighted by molar-refractivity contribution is 7.22. The van der Waals surface area contributed by atoms with E-state index in [1.165, 1.54) is 37.2 Å². The molecule has 0 radical (unpaired) electrons. The van der Waals surface area contributed by atoms with E-state index in [-0.39, 0.29) is 23.5 Å². The Balaban J connectivity index is 1.78. The number of fused-ring (bicyclic) bond motifs is 1. The first-order chi connectivity index (χ1) is 15.1. The van der Waals surface area contributed by atoms with Crippen LogP contribution in [0.2, 0.25) is 0 Å². The highest BCUT2D eigenvalue weighted by Crippen LogP contribution is 2.32. The van der Waals surface area contributed by atoms with E-state index >= 15 is 0 Å². The second-order valence-electron chi connectivity index (χ2n) is 6.81. The summed E-state index contributed by atoms with van der Waals surface area (Å²) >= 11 is 1.49. The molecular weight excluding hydrogens is 412 g/mol. The molecule has 0 N–H and O–H groups in total. The molecule has 0 aliphatic rings. The number of amides is 1. The van der Waals surface area contributed by atoms with Crippen molar-refractivity contribution in [1.29, 1.82) is 0 Å². The van der Waals surface area contributed by atoms with Crippen molar-refractivity contribution in [3.8, 4) is 11.9 Å². The molecule has 4 rings (SSSR count). The minimum atomic E-state index is -0.308. The first-order valence-corrected chi connectivity index (χ1v) is 10.6. The highest BCUT2D eigenvalue weighted by Gasteiger charge is 2.24. The molecule has 7 nitrogen and oxygen atoms in total. The molecule has 2 aromatic heterocycles. The number of carbonyl (C=O) groups is 1. The van der Waals surface area contributed by atoms with Gasteiger partial charge in [0.25, 0.3) is 5.91 Å². The number of aromatic nitrogens is 3. The van der Waals surface area contributed by atoms with E-state index in [1.807, 2.05) is 36.4 Å². The fourth-order valence-electron chi connectivity index (χ4n) is 3.13. The second-order valence-corrected chi connectivity index (χ2v) is 7.82. The minimum Gasteiger partial charge on any atom is -0.481 e. The molecule has 0 saturated carbocycles. The van der Waals surface area contributed by atoms with Crippen molar-refractivity contribution >= 4 is 32.6 Å². The van der Waals surface area contributed by atoms with Crippen molar-refractivity contribution < 1.29 is 14.3 Å². The Morgan fingerprint density at radius 2 is 1.77 bits per heavy atom. The molecule has 0 spiro atoms. The van der Waals surface area contributed by atoms with Gasteiger partial charge in [-0.1, -0.05) is 54.7 Å².